The van der Waals surface area contributed by atoms with Crippen molar-refractivity contribution in [3.63, 3.8) is 0 Å². The molecule has 0 spiro atoms. The fraction of sp³-hybridized carbons (Fsp3) is 1.00. The van der Waals surface area contributed by atoms with Gasteiger partial charge in [-0.15, -0.1) is 24.8 Å². The van der Waals surface area contributed by atoms with Gasteiger partial charge in [-0.05, 0) is 25.9 Å². The minimum absolute atomic E-state index is 0. The van der Waals surface area contributed by atoms with Crippen LogP contribution in [0.4, 0.5) is 0 Å². The quantitative estimate of drug-likeness (QED) is 0.625. The van der Waals surface area contributed by atoms with Crippen LogP contribution >= 0.6 is 24.8 Å². The first-order valence-electron chi connectivity index (χ1n) is 5.12. The van der Waals surface area contributed by atoms with Crippen molar-refractivity contribution in [3.05, 3.63) is 0 Å². The van der Waals surface area contributed by atoms with Crippen molar-refractivity contribution in [2.45, 2.75) is 52.4 Å². The molecule has 0 saturated carbocycles. The zero-order valence-corrected chi connectivity index (χ0v) is 10.6. The van der Waals surface area contributed by atoms with Gasteiger partial charge in [-0.25, -0.2) is 0 Å². The molecule has 0 aliphatic carbocycles. The summed E-state index contributed by atoms with van der Waals surface area (Å²) in [7, 11) is 0. The fourth-order valence-corrected chi connectivity index (χ4v) is 1.12. The van der Waals surface area contributed by atoms with Crippen LogP contribution in [0.1, 0.15) is 52.4 Å². The zero-order valence-electron chi connectivity index (χ0n) is 8.97. The molecule has 0 amide bonds. The van der Waals surface area contributed by atoms with Crippen LogP contribution in [0.5, 0.6) is 0 Å². The SMILES string of the molecule is CCCCCNCCCCC.Cl.Cl. The summed E-state index contributed by atoms with van der Waals surface area (Å²) in [6.45, 7) is 6.93. The number of hydrogen-bond donors (Lipinski definition) is 1. The maximum atomic E-state index is 3.46. The highest BCUT2D eigenvalue weighted by molar-refractivity contribution is 5.85. The Labute approximate surface area is 95.9 Å². The Bertz CT molecular complexity index is 61.9. The maximum absolute atomic E-state index is 3.46. The summed E-state index contributed by atoms with van der Waals surface area (Å²) in [5, 5.41) is 3.46. The largest absolute Gasteiger partial charge is 0.317 e. The summed E-state index contributed by atoms with van der Waals surface area (Å²) in [6, 6.07) is 0. The van der Waals surface area contributed by atoms with E-state index < -0.39 is 0 Å². The van der Waals surface area contributed by atoms with Gasteiger partial charge in [0.1, 0.15) is 0 Å². The summed E-state index contributed by atoms with van der Waals surface area (Å²) >= 11 is 0. The number of hydrogen-bond acceptors (Lipinski definition) is 1. The molecule has 0 aliphatic heterocycles. The Balaban J connectivity index is -0.000000500. The van der Waals surface area contributed by atoms with E-state index in [1.807, 2.05) is 0 Å². The molecule has 0 saturated heterocycles. The Morgan fingerprint density at radius 3 is 1.38 bits per heavy atom. The maximum Gasteiger partial charge on any atom is -0.00489 e. The Kier molecular flexibility index (Phi) is 27.1. The lowest BCUT2D eigenvalue weighted by molar-refractivity contribution is 0.583. The second-order valence-electron chi connectivity index (χ2n) is 3.16. The van der Waals surface area contributed by atoms with Crippen molar-refractivity contribution in [2.75, 3.05) is 13.1 Å². The molecule has 0 aliphatic rings. The Hall–Kier alpha value is 0.540. The van der Waals surface area contributed by atoms with Crippen LogP contribution in [-0.2, 0) is 0 Å². The third kappa shape index (κ3) is 19.1. The molecular weight excluding hydrogens is 205 g/mol. The van der Waals surface area contributed by atoms with Gasteiger partial charge in [0.05, 0.1) is 0 Å². The van der Waals surface area contributed by atoms with Crippen LogP contribution in [0.25, 0.3) is 0 Å². The second kappa shape index (κ2) is 18.3. The monoisotopic (exact) mass is 229 g/mol. The molecule has 0 rings (SSSR count). The van der Waals surface area contributed by atoms with Gasteiger partial charge in [0.15, 0.2) is 0 Å². The lowest BCUT2D eigenvalue weighted by atomic mass is 10.2. The predicted octanol–water partition coefficient (Wildman–Crippen LogP) is 3.80. The molecule has 3 heteroatoms. The van der Waals surface area contributed by atoms with Crippen molar-refractivity contribution in [1.82, 2.24) is 5.32 Å². The van der Waals surface area contributed by atoms with Crippen LogP contribution in [0.3, 0.4) is 0 Å². The van der Waals surface area contributed by atoms with Crippen LogP contribution in [0.15, 0.2) is 0 Å². The average molecular weight is 230 g/mol. The van der Waals surface area contributed by atoms with Gasteiger partial charge >= 0.3 is 0 Å². The van der Waals surface area contributed by atoms with Gasteiger partial charge in [0.25, 0.3) is 0 Å². The van der Waals surface area contributed by atoms with E-state index in [0.717, 1.165) is 0 Å². The zero-order chi connectivity index (χ0) is 8.36. The van der Waals surface area contributed by atoms with E-state index in [4.69, 9.17) is 0 Å². The summed E-state index contributed by atoms with van der Waals surface area (Å²) in [5.74, 6) is 0. The predicted molar refractivity (Wildman–Crippen MR) is 66.4 cm³/mol. The first kappa shape index (κ1) is 19.2. The van der Waals surface area contributed by atoms with Gasteiger partial charge in [-0.1, -0.05) is 39.5 Å². The average Bonchev–Trinajstić information content (AvgIpc) is 2.03. The van der Waals surface area contributed by atoms with Crippen molar-refractivity contribution >= 4 is 24.8 Å². The van der Waals surface area contributed by atoms with E-state index in [0.29, 0.717) is 0 Å². The van der Waals surface area contributed by atoms with Crippen LogP contribution in [0.2, 0.25) is 0 Å². The van der Waals surface area contributed by atoms with Gasteiger partial charge in [-0.2, -0.15) is 0 Å². The van der Waals surface area contributed by atoms with E-state index in [1.165, 1.54) is 51.6 Å². The van der Waals surface area contributed by atoms with Crippen molar-refractivity contribution in [1.29, 1.82) is 0 Å². The number of nitrogens with one attached hydrogen (secondary N) is 1. The topological polar surface area (TPSA) is 12.0 Å². The molecule has 84 valence electrons. The molecule has 0 bridgehead atoms. The fourth-order valence-electron chi connectivity index (χ4n) is 1.12. The molecule has 0 unspecified atom stereocenters. The lowest BCUT2D eigenvalue weighted by Gasteiger charge is -2.02. The third-order valence-corrected chi connectivity index (χ3v) is 1.91. The highest BCUT2D eigenvalue weighted by Crippen LogP contribution is 1.93. The molecule has 1 nitrogen and oxygen atoms in total. The highest BCUT2D eigenvalue weighted by atomic mass is 35.5. The number of halogens is 2. The minimum atomic E-state index is 0. The molecule has 0 aromatic carbocycles. The molecule has 13 heavy (non-hydrogen) atoms. The molecule has 0 fully saturated rings. The summed E-state index contributed by atoms with van der Waals surface area (Å²) in [5.41, 5.74) is 0. The molecule has 0 heterocycles. The van der Waals surface area contributed by atoms with E-state index in [9.17, 15) is 0 Å². The first-order valence-corrected chi connectivity index (χ1v) is 5.12. The number of rotatable bonds is 8. The van der Waals surface area contributed by atoms with E-state index in [2.05, 4.69) is 19.2 Å². The van der Waals surface area contributed by atoms with Gasteiger partial charge < -0.3 is 5.32 Å². The van der Waals surface area contributed by atoms with Crippen LogP contribution in [0, 0.1) is 0 Å². The Morgan fingerprint density at radius 1 is 0.692 bits per heavy atom. The molecule has 0 atom stereocenters. The van der Waals surface area contributed by atoms with Crippen molar-refractivity contribution in [2.24, 2.45) is 0 Å². The summed E-state index contributed by atoms with van der Waals surface area (Å²) in [4.78, 5) is 0. The summed E-state index contributed by atoms with van der Waals surface area (Å²) in [6.07, 6.45) is 8.11. The Morgan fingerprint density at radius 2 is 1.08 bits per heavy atom. The van der Waals surface area contributed by atoms with E-state index in [-0.39, 0.29) is 24.8 Å². The van der Waals surface area contributed by atoms with Gasteiger partial charge in [-0.3, -0.25) is 0 Å². The third-order valence-electron chi connectivity index (χ3n) is 1.91. The smallest absolute Gasteiger partial charge is 0.00489 e. The van der Waals surface area contributed by atoms with Gasteiger partial charge in [0, 0.05) is 0 Å². The van der Waals surface area contributed by atoms with Crippen LogP contribution in [-0.4, -0.2) is 13.1 Å². The van der Waals surface area contributed by atoms with Crippen molar-refractivity contribution < 1.29 is 0 Å². The molecule has 0 radical (unpaired) electrons. The second-order valence-corrected chi connectivity index (χ2v) is 3.16. The van der Waals surface area contributed by atoms with Crippen LogP contribution < -0.4 is 5.32 Å². The minimum Gasteiger partial charge on any atom is -0.317 e. The van der Waals surface area contributed by atoms with E-state index in [1.54, 1.807) is 0 Å². The first-order chi connectivity index (χ1) is 5.41. The van der Waals surface area contributed by atoms with Crippen molar-refractivity contribution in [3.8, 4) is 0 Å². The summed E-state index contributed by atoms with van der Waals surface area (Å²) < 4.78 is 0. The van der Waals surface area contributed by atoms with Gasteiger partial charge in [0.2, 0.25) is 0 Å². The molecule has 0 aromatic rings. The standard InChI is InChI=1S/C10H23N.2ClH/c1-3-5-7-9-11-10-8-6-4-2;;/h11H,3-10H2,1-2H3;2*1H. The molecule has 1 N–H and O–H groups in total. The lowest BCUT2D eigenvalue weighted by Crippen LogP contribution is -2.16. The highest BCUT2D eigenvalue weighted by Gasteiger charge is 1.86. The normalized spacial score (nSPS) is 8.77. The number of unbranched alkanes of at least 4 members (excludes halogenated alkanes) is 4. The molecular formula is C10H25Cl2N. The van der Waals surface area contributed by atoms with E-state index >= 15 is 0 Å². The molecule has 0 aromatic heterocycles.